The predicted molar refractivity (Wildman–Crippen MR) is 50.2 cm³/mol. The minimum absolute atomic E-state index is 0.166. The third kappa shape index (κ3) is 1.57. The maximum Gasteiger partial charge on any atom is 0.319 e. The minimum atomic E-state index is -0.489. The number of hydrogen-bond donors (Lipinski definition) is 0. The van der Waals surface area contributed by atoms with Gasteiger partial charge in [0.05, 0.1) is 5.57 Å². The highest BCUT2D eigenvalue weighted by Crippen LogP contribution is 2.20. The number of rotatable bonds is 0. The zero-order chi connectivity index (χ0) is 9.97. The van der Waals surface area contributed by atoms with Crippen LogP contribution in [0.15, 0.2) is 47.8 Å². The molecule has 0 aromatic heterocycles. The van der Waals surface area contributed by atoms with Gasteiger partial charge in [-0.15, -0.1) is 0 Å². The van der Waals surface area contributed by atoms with Crippen molar-refractivity contribution in [1.82, 2.24) is 0 Å². The molecule has 3 nitrogen and oxygen atoms in total. The number of ether oxygens (including phenoxy) is 1. The van der Waals surface area contributed by atoms with Crippen molar-refractivity contribution >= 4 is 11.8 Å². The molecule has 0 radical (unpaired) electrons. The molecule has 1 aliphatic heterocycles. The first-order chi connectivity index (χ1) is 6.77. The molecule has 0 aromatic carbocycles. The Hall–Kier alpha value is -1.90. The Balaban J connectivity index is 2.46. The van der Waals surface area contributed by atoms with Gasteiger partial charge in [-0.1, -0.05) is 24.3 Å². The second-order valence-corrected chi connectivity index (χ2v) is 2.96. The summed E-state index contributed by atoms with van der Waals surface area (Å²) in [6.07, 6.45) is 10.2. The molecule has 1 aliphatic carbocycles. The van der Waals surface area contributed by atoms with E-state index in [9.17, 15) is 9.59 Å². The molecule has 0 saturated carbocycles. The van der Waals surface area contributed by atoms with E-state index in [1.807, 2.05) is 6.08 Å². The second kappa shape index (κ2) is 3.46. The van der Waals surface area contributed by atoms with Crippen LogP contribution < -0.4 is 0 Å². The summed E-state index contributed by atoms with van der Waals surface area (Å²) < 4.78 is 4.94. The van der Waals surface area contributed by atoms with Crippen LogP contribution in [0.3, 0.4) is 0 Å². The van der Waals surface area contributed by atoms with Gasteiger partial charge in [-0.3, -0.25) is 9.59 Å². The van der Waals surface area contributed by atoms with Crippen LogP contribution in [0, 0.1) is 0 Å². The van der Waals surface area contributed by atoms with E-state index in [1.54, 1.807) is 30.4 Å². The summed E-state index contributed by atoms with van der Waals surface area (Å²) in [7, 11) is 0. The van der Waals surface area contributed by atoms with Gasteiger partial charge in [-0.25, -0.2) is 0 Å². The van der Waals surface area contributed by atoms with E-state index in [-0.39, 0.29) is 12.2 Å². The third-order valence-corrected chi connectivity index (χ3v) is 1.94. The Bertz CT molecular complexity index is 408. The molecule has 0 unspecified atom stereocenters. The normalized spacial score (nSPS) is 27.1. The van der Waals surface area contributed by atoms with Crippen LogP contribution >= 0.6 is 0 Å². The number of allylic oxidation sites excluding steroid dienone is 7. The summed E-state index contributed by atoms with van der Waals surface area (Å²) >= 11 is 0. The van der Waals surface area contributed by atoms with Gasteiger partial charge in [-0.05, 0) is 12.2 Å². The van der Waals surface area contributed by atoms with Gasteiger partial charge in [0, 0.05) is 0 Å². The Morgan fingerprint density at radius 1 is 1.00 bits per heavy atom. The average Bonchev–Trinajstić information content (AvgIpc) is 2.07. The van der Waals surface area contributed by atoms with E-state index >= 15 is 0 Å². The summed E-state index contributed by atoms with van der Waals surface area (Å²) in [5.74, 6) is -0.337. The molecule has 1 heterocycles. The number of carbonyl (C=O) groups is 2. The fourth-order valence-electron chi connectivity index (χ4n) is 1.30. The van der Waals surface area contributed by atoms with Crippen LogP contribution in [0.25, 0.3) is 0 Å². The van der Waals surface area contributed by atoms with E-state index in [0.29, 0.717) is 11.3 Å². The number of hydrogen-bond acceptors (Lipinski definition) is 3. The molecule has 0 amide bonds. The van der Waals surface area contributed by atoms with Gasteiger partial charge >= 0.3 is 5.97 Å². The molecule has 2 rings (SSSR count). The number of ketones is 1. The molecule has 0 saturated heterocycles. The van der Waals surface area contributed by atoms with E-state index < -0.39 is 5.97 Å². The standard InChI is InChI=1S/C11H8O3/c12-9-7-11(13)14-10-6-4-2-1-3-5-8(9)10/h1-6H,7H2/b2-1-,3-1?,4-2?,5-3-,6-4-,8-5?,10-6?. The lowest BCUT2D eigenvalue weighted by atomic mass is 10.0. The van der Waals surface area contributed by atoms with Gasteiger partial charge < -0.3 is 4.74 Å². The number of carbonyl (C=O) groups excluding carboxylic acids is 2. The first-order valence-corrected chi connectivity index (χ1v) is 4.27. The van der Waals surface area contributed by atoms with Crippen LogP contribution in [0.4, 0.5) is 0 Å². The topological polar surface area (TPSA) is 43.4 Å². The lowest BCUT2D eigenvalue weighted by Crippen LogP contribution is -2.20. The van der Waals surface area contributed by atoms with E-state index in [0.717, 1.165) is 0 Å². The molecule has 0 bridgehead atoms. The summed E-state index contributed by atoms with van der Waals surface area (Å²) in [5, 5.41) is 0. The van der Waals surface area contributed by atoms with Crippen molar-refractivity contribution in [3.05, 3.63) is 47.8 Å². The lowest BCUT2D eigenvalue weighted by Gasteiger charge is -2.14. The molecule has 2 aliphatic rings. The SMILES string of the molecule is O=C1CC(=O)C2=C(\C=C/C=C\C=C/2)O1. The fraction of sp³-hybridized carbons (Fsp3) is 0.0909. The minimum Gasteiger partial charge on any atom is -0.425 e. The van der Waals surface area contributed by atoms with Gasteiger partial charge in [0.25, 0.3) is 0 Å². The first kappa shape index (κ1) is 8.69. The average molecular weight is 188 g/mol. The van der Waals surface area contributed by atoms with Crippen molar-refractivity contribution in [2.24, 2.45) is 0 Å². The van der Waals surface area contributed by atoms with Crippen molar-refractivity contribution in [2.75, 3.05) is 0 Å². The first-order valence-electron chi connectivity index (χ1n) is 4.27. The van der Waals surface area contributed by atoms with Gasteiger partial charge in [0.2, 0.25) is 0 Å². The zero-order valence-corrected chi connectivity index (χ0v) is 7.40. The fourth-order valence-corrected chi connectivity index (χ4v) is 1.30. The van der Waals surface area contributed by atoms with Crippen LogP contribution in [-0.4, -0.2) is 11.8 Å². The highest BCUT2D eigenvalue weighted by atomic mass is 16.5. The largest absolute Gasteiger partial charge is 0.425 e. The quantitative estimate of drug-likeness (QED) is 0.426. The second-order valence-electron chi connectivity index (χ2n) is 2.96. The van der Waals surface area contributed by atoms with Gasteiger partial charge in [0.15, 0.2) is 5.78 Å². The lowest BCUT2D eigenvalue weighted by molar-refractivity contribution is -0.143. The highest BCUT2D eigenvalue weighted by Gasteiger charge is 2.24. The van der Waals surface area contributed by atoms with Crippen molar-refractivity contribution in [3.8, 4) is 0 Å². The third-order valence-electron chi connectivity index (χ3n) is 1.94. The van der Waals surface area contributed by atoms with Crippen molar-refractivity contribution in [3.63, 3.8) is 0 Å². The summed E-state index contributed by atoms with van der Waals surface area (Å²) in [5.41, 5.74) is 0.463. The molecule has 14 heavy (non-hydrogen) atoms. The number of esters is 1. The van der Waals surface area contributed by atoms with Crippen LogP contribution in [0.5, 0.6) is 0 Å². The summed E-state index contributed by atoms with van der Waals surface area (Å²) in [6, 6.07) is 0. The van der Waals surface area contributed by atoms with Crippen LogP contribution in [0.2, 0.25) is 0 Å². The Kier molecular flexibility index (Phi) is 2.14. The Labute approximate surface area is 81.1 Å². The summed E-state index contributed by atoms with van der Waals surface area (Å²) in [6.45, 7) is 0. The maximum atomic E-state index is 11.4. The van der Waals surface area contributed by atoms with Gasteiger partial charge in [0.1, 0.15) is 12.2 Å². The molecule has 0 spiro atoms. The van der Waals surface area contributed by atoms with Crippen LogP contribution in [-0.2, 0) is 14.3 Å². The molecular formula is C11H8O3. The maximum absolute atomic E-state index is 11.4. The van der Waals surface area contributed by atoms with E-state index in [2.05, 4.69) is 0 Å². The molecule has 0 fully saturated rings. The monoisotopic (exact) mass is 188 g/mol. The molecule has 0 aromatic rings. The van der Waals surface area contributed by atoms with Crippen molar-refractivity contribution in [1.29, 1.82) is 0 Å². The van der Waals surface area contributed by atoms with E-state index in [4.69, 9.17) is 4.74 Å². The summed E-state index contributed by atoms with van der Waals surface area (Å²) in [4.78, 5) is 22.4. The Morgan fingerprint density at radius 2 is 1.71 bits per heavy atom. The number of Topliss-reactive ketones (excluding diaryl/α,β-unsaturated/α-hetero) is 1. The molecule has 0 atom stereocenters. The highest BCUT2D eigenvalue weighted by molar-refractivity contribution is 6.10. The molecular weight excluding hydrogens is 180 g/mol. The van der Waals surface area contributed by atoms with E-state index in [1.165, 1.54) is 0 Å². The van der Waals surface area contributed by atoms with Gasteiger partial charge in [-0.2, -0.15) is 0 Å². The van der Waals surface area contributed by atoms with Crippen molar-refractivity contribution in [2.45, 2.75) is 6.42 Å². The van der Waals surface area contributed by atoms with Crippen molar-refractivity contribution < 1.29 is 14.3 Å². The molecule has 0 N–H and O–H groups in total. The molecule has 3 heteroatoms. The smallest absolute Gasteiger partial charge is 0.319 e. The zero-order valence-electron chi connectivity index (χ0n) is 7.40. The van der Waals surface area contributed by atoms with Crippen LogP contribution in [0.1, 0.15) is 6.42 Å². The Morgan fingerprint density at radius 3 is 2.50 bits per heavy atom. The predicted octanol–water partition coefficient (Wildman–Crippen LogP) is 1.44. The molecule has 70 valence electrons.